The molecule has 2 rings (SSSR count). The van der Waals surface area contributed by atoms with Crippen LogP contribution in [0.5, 0.6) is 11.5 Å². The Bertz CT molecular complexity index is 732. The van der Waals surface area contributed by atoms with Crippen LogP contribution in [-0.4, -0.2) is 19.7 Å². The van der Waals surface area contributed by atoms with E-state index in [0.29, 0.717) is 23.9 Å². The molecule has 2 aromatic rings. The van der Waals surface area contributed by atoms with Crippen molar-refractivity contribution in [3.8, 4) is 11.5 Å². The number of methoxy groups -OCH3 is 1. The first kappa shape index (κ1) is 17.7. The minimum Gasteiger partial charge on any atom is -0.495 e. The maximum atomic E-state index is 6.08. The number of nitrogens with zero attached hydrogens (tertiary/aromatic N) is 1. The molecule has 0 aliphatic carbocycles. The molecule has 0 aliphatic heterocycles. The fraction of sp³-hybridized carbons (Fsp3) is 0.167. The predicted molar refractivity (Wildman–Crippen MR) is 99.1 cm³/mol. The fourth-order valence-electron chi connectivity index (χ4n) is 2.03. The molecule has 126 valence electrons. The second-order valence-corrected chi connectivity index (χ2v) is 5.29. The topological polar surface area (TPSA) is 68.9 Å². The number of aliphatic imine (C=N–C) groups is 1. The molecule has 0 atom stereocenters. The second-order valence-electron chi connectivity index (χ2n) is 4.88. The van der Waals surface area contributed by atoms with Crippen molar-refractivity contribution in [3.63, 3.8) is 0 Å². The molecule has 0 unspecified atom stereocenters. The molecular formula is C18H20ClN3O2. The Morgan fingerprint density at radius 3 is 2.79 bits per heavy atom. The van der Waals surface area contributed by atoms with Crippen molar-refractivity contribution in [2.75, 3.05) is 19.0 Å². The number of benzene rings is 2. The molecule has 2 aromatic carbocycles. The maximum Gasteiger partial charge on any atom is 0.193 e. The van der Waals surface area contributed by atoms with Crippen molar-refractivity contribution in [2.24, 2.45) is 10.7 Å². The number of halogens is 1. The largest absolute Gasteiger partial charge is 0.495 e. The van der Waals surface area contributed by atoms with E-state index in [0.717, 1.165) is 17.0 Å². The summed E-state index contributed by atoms with van der Waals surface area (Å²) < 4.78 is 10.7. The van der Waals surface area contributed by atoms with Crippen LogP contribution in [0.4, 0.5) is 5.69 Å². The molecule has 3 N–H and O–H groups in total. The molecule has 0 fully saturated rings. The van der Waals surface area contributed by atoms with Gasteiger partial charge in [-0.25, -0.2) is 4.99 Å². The molecule has 5 nitrogen and oxygen atoms in total. The van der Waals surface area contributed by atoms with Crippen LogP contribution in [0.1, 0.15) is 5.56 Å². The van der Waals surface area contributed by atoms with Crippen molar-refractivity contribution in [3.05, 3.63) is 65.7 Å². The average molecular weight is 346 g/mol. The number of rotatable bonds is 7. The molecule has 6 heteroatoms. The summed E-state index contributed by atoms with van der Waals surface area (Å²) in [7, 11) is 1.57. The van der Waals surface area contributed by atoms with Crippen molar-refractivity contribution < 1.29 is 9.47 Å². The van der Waals surface area contributed by atoms with Crippen molar-refractivity contribution in [1.29, 1.82) is 0 Å². The number of nitrogens with two attached hydrogens (primary N) is 1. The SMILES string of the molecule is C=CCOc1ccccc1CN=C(N)Nc1ccc(OC)c(Cl)c1. The molecule has 0 amide bonds. The summed E-state index contributed by atoms with van der Waals surface area (Å²) in [5.41, 5.74) is 7.61. The first-order valence-electron chi connectivity index (χ1n) is 7.36. The molecule has 0 spiro atoms. The van der Waals surface area contributed by atoms with E-state index in [9.17, 15) is 0 Å². The molecule has 0 bridgehead atoms. The molecule has 0 heterocycles. The Hall–Kier alpha value is -2.66. The lowest BCUT2D eigenvalue weighted by atomic mass is 10.2. The van der Waals surface area contributed by atoms with E-state index in [1.807, 2.05) is 30.3 Å². The lowest BCUT2D eigenvalue weighted by Gasteiger charge is -2.10. The average Bonchev–Trinajstić information content (AvgIpc) is 2.59. The molecule has 0 aromatic heterocycles. The van der Waals surface area contributed by atoms with Gasteiger partial charge in [0.25, 0.3) is 0 Å². The van der Waals surface area contributed by atoms with Crippen LogP contribution in [0.3, 0.4) is 0 Å². The molecular weight excluding hydrogens is 326 g/mol. The van der Waals surface area contributed by atoms with Crippen molar-refractivity contribution >= 4 is 23.2 Å². The van der Waals surface area contributed by atoms with Crippen LogP contribution in [0.15, 0.2) is 60.1 Å². The third kappa shape index (κ3) is 4.93. The Kier molecular flexibility index (Phi) is 6.51. The number of hydrogen-bond acceptors (Lipinski definition) is 3. The third-order valence-corrected chi connectivity index (χ3v) is 3.47. The van der Waals surface area contributed by atoms with Gasteiger partial charge in [-0.3, -0.25) is 0 Å². The predicted octanol–water partition coefficient (Wildman–Crippen LogP) is 3.84. The number of anilines is 1. The van der Waals surface area contributed by atoms with Gasteiger partial charge in [0.1, 0.15) is 18.1 Å². The van der Waals surface area contributed by atoms with Crippen LogP contribution in [-0.2, 0) is 6.54 Å². The zero-order chi connectivity index (χ0) is 17.4. The summed E-state index contributed by atoms with van der Waals surface area (Å²) in [6, 6.07) is 13.0. The lowest BCUT2D eigenvalue weighted by Crippen LogP contribution is -2.22. The summed E-state index contributed by atoms with van der Waals surface area (Å²) in [6.07, 6.45) is 1.70. The zero-order valence-corrected chi connectivity index (χ0v) is 14.2. The minimum absolute atomic E-state index is 0.287. The molecule has 0 aliphatic rings. The number of guanidine groups is 1. The highest BCUT2D eigenvalue weighted by Gasteiger charge is 2.04. The number of para-hydroxylation sites is 1. The quantitative estimate of drug-likeness (QED) is 0.454. The van der Waals surface area contributed by atoms with Crippen molar-refractivity contribution in [2.45, 2.75) is 6.54 Å². The van der Waals surface area contributed by atoms with Crippen LogP contribution in [0.25, 0.3) is 0 Å². The van der Waals surface area contributed by atoms with Gasteiger partial charge >= 0.3 is 0 Å². The minimum atomic E-state index is 0.287. The Morgan fingerprint density at radius 1 is 1.29 bits per heavy atom. The van der Waals surface area contributed by atoms with Crippen LogP contribution in [0, 0.1) is 0 Å². The standard InChI is InChI=1S/C18H20ClN3O2/c1-3-10-24-16-7-5-4-6-13(16)12-21-18(20)22-14-8-9-17(23-2)15(19)11-14/h3-9,11H,1,10,12H2,2H3,(H3,20,21,22). The van der Waals surface area contributed by atoms with E-state index in [-0.39, 0.29) is 5.96 Å². The van der Waals surface area contributed by atoms with Gasteiger partial charge in [0.05, 0.1) is 18.7 Å². The van der Waals surface area contributed by atoms with Gasteiger partial charge in [-0.1, -0.05) is 42.5 Å². The molecule has 0 saturated carbocycles. The Morgan fingerprint density at radius 2 is 2.08 bits per heavy atom. The second kappa shape index (κ2) is 8.84. The van der Waals surface area contributed by atoms with E-state index >= 15 is 0 Å². The zero-order valence-electron chi connectivity index (χ0n) is 13.5. The molecule has 0 radical (unpaired) electrons. The highest BCUT2D eigenvalue weighted by atomic mass is 35.5. The van der Waals surface area contributed by atoms with Gasteiger partial charge in [-0.05, 0) is 24.3 Å². The molecule has 24 heavy (non-hydrogen) atoms. The van der Waals surface area contributed by atoms with Gasteiger partial charge in [-0.2, -0.15) is 0 Å². The normalized spacial score (nSPS) is 11.0. The van der Waals surface area contributed by atoms with Gasteiger partial charge in [-0.15, -0.1) is 0 Å². The van der Waals surface area contributed by atoms with Gasteiger partial charge in [0.15, 0.2) is 5.96 Å². The van der Waals surface area contributed by atoms with E-state index in [2.05, 4.69) is 16.9 Å². The number of ether oxygens (including phenoxy) is 2. The fourth-order valence-corrected chi connectivity index (χ4v) is 2.28. The van der Waals surface area contributed by atoms with Crippen molar-refractivity contribution in [1.82, 2.24) is 0 Å². The number of hydrogen-bond donors (Lipinski definition) is 2. The maximum absolute atomic E-state index is 6.08. The van der Waals surface area contributed by atoms with Crippen LogP contribution < -0.4 is 20.5 Å². The highest BCUT2D eigenvalue weighted by Crippen LogP contribution is 2.27. The summed E-state index contributed by atoms with van der Waals surface area (Å²) in [5, 5.41) is 3.50. The van der Waals surface area contributed by atoms with E-state index in [4.69, 9.17) is 26.8 Å². The van der Waals surface area contributed by atoms with Gasteiger partial charge in [0.2, 0.25) is 0 Å². The summed E-state index contributed by atoms with van der Waals surface area (Å²) in [6.45, 7) is 4.49. The third-order valence-electron chi connectivity index (χ3n) is 3.17. The first-order chi connectivity index (χ1) is 11.6. The first-order valence-corrected chi connectivity index (χ1v) is 7.74. The van der Waals surface area contributed by atoms with Gasteiger partial charge < -0.3 is 20.5 Å². The summed E-state index contributed by atoms with van der Waals surface area (Å²) >= 11 is 6.08. The monoisotopic (exact) mass is 345 g/mol. The van der Waals surface area contributed by atoms with E-state index in [1.165, 1.54) is 0 Å². The smallest absolute Gasteiger partial charge is 0.193 e. The number of nitrogens with one attached hydrogen (secondary N) is 1. The van der Waals surface area contributed by atoms with E-state index < -0.39 is 0 Å². The molecule has 0 saturated heterocycles. The lowest BCUT2D eigenvalue weighted by molar-refractivity contribution is 0.359. The summed E-state index contributed by atoms with van der Waals surface area (Å²) in [4.78, 5) is 4.33. The van der Waals surface area contributed by atoms with Crippen LogP contribution in [0.2, 0.25) is 5.02 Å². The Labute approximate surface area is 146 Å². The van der Waals surface area contributed by atoms with Gasteiger partial charge in [0, 0.05) is 11.3 Å². The van der Waals surface area contributed by atoms with Crippen LogP contribution >= 0.6 is 11.6 Å². The summed E-state index contributed by atoms with van der Waals surface area (Å²) in [5.74, 6) is 1.65. The Balaban J connectivity index is 2.04. The van der Waals surface area contributed by atoms with E-state index in [1.54, 1.807) is 25.3 Å². The highest BCUT2D eigenvalue weighted by molar-refractivity contribution is 6.32.